The molecule has 0 radical (unpaired) electrons. The lowest BCUT2D eigenvalue weighted by molar-refractivity contribution is -0.353. The van der Waals surface area contributed by atoms with Crippen LogP contribution in [-0.4, -0.2) is 151 Å². The maximum atomic E-state index is 14.0. The molecule has 2 aliphatic carbocycles. The first-order valence-corrected chi connectivity index (χ1v) is 19.4. The van der Waals surface area contributed by atoms with Crippen LogP contribution < -0.4 is 10.1 Å². The summed E-state index contributed by atoms with van der Waals surface area (Å²) >= 11 is 0. The summed E-state index contributed by atoms with van der Waals surface area (Å²) in [5.74, 6) is -7.05. The smallest absolute Gasteiger partial charge is 0.283 e. The number of phenolic OH excluding ortho intramolecular Hbond substituents is 3. The van der Waals surface area contributed by atoms with E-state index in [0.29, 0.717) is 0 Å². The molecule has 0 unspecified atom stereocenters. The molecule has 0 spiro atoms. The third kappa shape index (κ3) is 7.09. The average Bonchev–Trinajstić information content (AvgIpc) is 3.17. The number of aliphatic hydroxyl groups excluding tert-OH is 6. The molecule has 0 saturated carbocycles. The number of aromatic hydroxyl groups is 3. The monoisotopic (exact) mass is 849 g/mol. The topological polar surface area (TPSA) is 346 Å². The van der Waals surface area contributed by atoms with Gasteiger partial charge in [0.15, 0.2) is 24.1 Å². The molecule has 2 fully saturated rings. The fraction of sp³-hybridized carbons (Fsp3) is 0.432. The molecule has 11 N–H and O–H groups in total. The number of aryl methyl sites for hydroxylation is 1. The summed E-state index contributed by atoms with van der Waals surface area (Å²) in [5.41, 5.74) is -4.19. The van der Waals surface area contributed by atoms with Gasteiger partial charge in [-0.2, -0.15) is 8.42 Å². The summed E-state index contributed by atoms with van der Waals surface area (Å²) in [6.07, 6.45) is -18.8. The molecule has 0 aromatic heterocycles. The summed E-state index contributed by atoms with van der Waals surface area (Å²) in [6.45, 7) is 2.16. The minimum atomic E-state index is -4.76. The molecule has 0 bridgehead atoms. The fourth-order valence-corrected chi connectivity index (χ4v) is 8.11. The molecule has 3 aromatic carbocycles. The first-order chi connectivity index (χ1) is 27.7. The second-order valence-electron chi connectivity index (χ2n) is 14.5. The molecule has 3 aromatic rings. The molecule has 2 aliphatic heterocycles. The van der Waals surface area contributed by atoms with Gasteiger partial charge < -0.3 is 75.0 Å². The van der Waals surface area contributed by atoms with Crippen LogP contribution >= 0.6 is 0 Å². The first kappa shape index (κ1) is 42.3. The maximum absolute atomic E-state index is 14.0. The van der Waals surface area contributed by atoms with Crippen molar-refractivity contribution < 1.29 is 97.0 Å². The van der Waals surface area contributed by atoms with Crippen LogP contribution in [0.5, 0.6) is 23.0 Å². The Hall–Kier alpha value is -4.82. The number of carbonyl (C=O) groups excluding carboxylic acids is 3. The number of hydrogen-bond acceptors (Lipinski definition) is 19. The molecule has 22 heteroatoms. The van der Waals surface area contributed by atoms with E-state index in [4.69, 9.17) is 23.7 Å². The highest BCUT2D eigenvalue weighted by Gasteiger charge is 2.51. The van der Waals surface area contributed by atoms with Gasteiger partial charge in [-0.3, -0.25) is 18.9 Å². The van der Waals surface area contributed by atoms with Gasteiger partial charge >= 0.3 is 0 Å². The predicted molar refractivity (Wildman–Crippen MR) is 193 cm³/mol. The normalized spacial score (nSPS) is 30.2. The van der Waals surface area contributed by atoms with Gasteiger partial charge in [0.1, 0.15) is 77.7 Å². The lowest BCUT2D eigenvalue weighted by Crippen LogP contribution is -2.62. The van der Waals surface area contributed by atoms with Gasteiger partial charge in [-0.15, -0.1) is 0 Å². The molecular formula is C37H39NO20S. The number of benzene rings is 3. The highest BCUT2D eigenvalue weighted by Crippen LogP contribution is 2.57. The Morgan fingerprint density at radius 2 is 1.46 bits per heavy atom. The van der Waals surface area contributed by atoms with Gasteiger partial charge in [0.2, 0.25) is 0 Å². The summed E-state index contributed by atoms with van der Waals surface area (Å²) in [4.78, 5) is 41.3. The Morgan fingerprint density at radius 3 is 2.12 bits per heavy atom. The number of methoxy groups -OCH3 is 1. The molecule has 2 saturated heterocycles. The van der Waals surface area contributed by atoms with E-state index in [9.17, 15) is 73.3 Å². The van der Waals surface area contributed by atoms with E-state index in [1.54, 1.807) is 0 Å². The van der Waals surface area contributed by atoms with Gasteiger partial charge in [0.05, 0.1) is 36.5 Å². The fourth-order valence-electron chi connectivity index (χ4n) is 7.79. The Labute approximate surface area is 333 Å². The van der Waals surface area contributed by atoms with Crippen LogP contribution in [0.2, 0.25) is 0 Å². The number of carbonyl (C=O) groups is 3. The largest absolute Gasteiger partial charge is 0.507 e. The van der Waals surface area contributed by atoms with Crippen LogP contribution in [0.25, 0.3) is 11.1 Å². The van der Waals surface area contributed by atoms with Gasteiger partial charge in [-0.25, -0.2) is 0 Å². The molecule has 1 amide bonds. The van der Waals surface area contributed by atoms with E-state index >= 15 is 0 Å². The standard InChI is InChI=1S/C37H39NO20S/c1-10-4-16-22(29(46)19(10)35(50)38-9-59(51,52)53)21-14(7-15-23(30(21)47)26(43)13-5-12(54-3)6-17(39)20(13)25(15)42)27(44)33(16)57-37-32(49)34(24(41)11(2)56-37)58-36-31(48)28(45)18(40)8-55-36/h4-7,11,18,24,27-28,31-34,36-37,39-41,44-49H,8-9H2,1-3H3,(H,38,50)(H,51,52,53)/t11-,18-,24+,27+,28+,31-,32-,33+,34+,36+,37+/m1/s1. The van der Waals surface area contributed by atoms with Crippen molar-refractivity contribution in [2.24, 2.45) is 0 Å². The number of fused-ring (bicyclic) bond motifs is 5. The van der Waals surface area contributed by atoms with Crippen molar-refractivity contribution in [3.63, 3.8) is 0 Å². The minimum absolute atomic E-state index is 0.0156. The number of phenols is 3. The van der Waals surface area contributed by atoms with E-state index in [-0.39, 0.29) is 22.4 Å². The summed E-state index contributed by atoms with van der Waals surface area (Å²) in [6, 6.07) is 4.42. The van der Waals surface area contributed by atoms with Crippen molar-refractivity contribution in [3.8, 4) is 34.1 Å². The Kier molecular flexibility index (Phi) is 11.0. The third-order valence-electron chi connectivity index (χ3n) is 10.7. The molecule has 21 nitrogen and oxygen atoms in total. The quantitative estimate of drug-likeness (QED) is 0.0902. The van der Waals surface area contributed by atoms with E-state index in [2.05, 4.69) is 0 Å². The lowest BCUT2D eigenvalue weighted by Gasteiger charge is -2.45. The number of amides is 1. The number of nitrogens with one attached hydrogen (secondary N) is 1. The first-order valence-electron chi connectivity index (χ1n) is 17.8. The van der Waals surface area contributed by atoms with Crippen LogP contribution in [0.4, 0.5) is 0 Å². The lowest BCUT2D eigenvalue weighted by atomic mass is 9.74. The zero-order valence-corrected chi connectivity index (χ0v) is 31.9. The highest BCUT2D eigenvalue weighted by atomic mass is 32.2. The molecule has 2 heterocycles. The van der Waals surface area contributed by atoms with Crippen molar-refractivity contribution in [1.29, 1.82) is 0 Å². The van der Waals surface area contributed by atoms with Crippen molar-refractivity contribution in [1.82, 2.24) is 5.32 Å². The Bertz CT molecular complexity index is 2370. The summed E-state index contributed by atoms with van der Waals surface area (Å²) in [7, 11) is -3.52. The van der Waals surface area contributed by atoms with Crippen LogP contribution in [0, 0.1) is 6.92 Å². The second-order valence-corrected chi connectivity index (χ2v) is 15.9. The molecule has 59 heavy (non-hydrogen) atoms. The van der Waals surface area contributed by atoms with Gasteiger partial charge in [-0.05, 0) is 42.7 Å². The van der Waals surface area contributed by atoms with Gasteiger partial charge in [0, 0.05) is 28.3 Å². The predicted octanol–water partition coefficient (Wildman–Crippen LogP) is -1.47. The molecule has 4 aliphatic rings. The number of rotatable bonds is 8. The van der Waals surface area contributed by atoms with Crippen molar-refractivity contribution >= 4 is 27.6 Å². The van der Waals surface area contributed by atoms with E-state index in [0.717, 1.165) is 18.2 Å². The molecule has 318 valence electrons. The SMILES string of the molecule is COc1cc(O)c2c(c1)C(=O)c1c(cc3c(c1O)-c1c(cc(C)c(C(=O)NCS(=O)(=O)O)c1O)[C@H](O[C@@H]1O[C@H](C)[C@H](O)[C@H](O[C@@H]4OC[C@@H](O)[C@H](O)[C@H]4O)[C@H]1O)[C@H]3O)C2=O. The Balaban J connectivity index is 1.36. The van der Waals surface area contributed by atoms with E-state index in [1.807, 2.05) is 5.32 Å². The minimum Gasteiger partial charge on any atom is -0.507 e. The van der Waals surface area contributed by atoms with Crippen molar-refractivity contribution in [2.75, 3.05) is 19.6 Å². The van der Waals surface area contributed by atoms with Crippen LogP contribution in [0.3, 0.4) is 0 Å². The molecule has 7 rings (SSSR count). The van der Waals surface area contributed by atoms with Gasteiger partial charge in [0.25, 0.3) is 16.0 Å². The van der Waals surface area contributed by atoms with Gasteiger partial charge in [-0.1, -0.05) is 6.07 Å². The van der Waals surface area contributed by atoms with E-state index < -0.39 is 164 Å². The zero-order valence-electron chi connectivity index (χ0n) is 31.0. The average molecular weight is 850 g/mol. The van der Waals surface area contributed by atoms with Crippen molar-refractivity contribution in [3.05, 3.63) is 68.8 Å². The molecule has 11 atom stereocenters. The second kappa shape index (κ2) is 15.3. The van der Waals surface area contributed by atoms with Crippen LogP contribution in [-0.2, 0) is 29.1 Å². The number of hydrogen-bond donors (Lipinski definition) is 11. The zero-order chi connectivity index (χ0) is 43.2. The number of ketones is 2. The van der Waals surface area contributed by atoms with Crippen LogP contribution in [0.1, 0.15) is 78.0 Å². The number of aliphatic hydroxyl groups is 6. The Morgan fingerprint density at radius 1 is 0.814 bits per heavy atom. The molecular weight excluding hydrogens is 810 g/mol. The summed E-state index contributed by atoms with van der Waals surface area (Å²) in [5, 5.41) is 101. The van der Waals surface area contributed by atoms with Crippen LogP contribution in [0.15, 0.2) is 24.3 Å². The number of ether oxygens (including phenoxy) is 5. The maximum Gasteiger partial charge on any atom is 0.283 e. The van der Waals surface area contributed by atoms with E-state index in [1.165, 1.54) is 27.0 Å². The van der Waals surface area contributed by atoms with Crippen molar-refractivity contribution in [2.45, 2.75) is 81.4 Å². The summed E-state index contributed by atoms with van der Waals surface area (Å²) < 4.78 is 60.1. The third-order valence-corrected chi connectivity index (χ3v) is 11.3. The highest BCUT2D eigenvalue weighted by molar-refractivity contribution is 7.85.